The van der Waals surface area contributed by atoms with Crippen molar-refractivity contribution < 1.29 is 63.3 Å². The third-order valence-corrected chi connectivity index (χ3v) is 10.7. The number of carbonyl (C=O) groups excluding carboxylic acids is 9. The zero-order chi connectivity index (χ0) is 54.1. The average molecular weight is 1010 g/mol. The minimum absolute atomic E-state index is 0.00187. The van der Waals surface area contributed by atoms with Crippen LogP contribution in [0.2, 0.25) is 0 Å². The molecule has 2 aromatic carbocycles. The van der Waals surface area contributed by atoms with Gasteiger partial charge in [0.25, 0.3) is 0 Å². The molecule has 20 N–H and O–H groups in total. The Morgan fingerprint density at radius 3 is 1.69 bits per heavy atom. The number of hydrogen-bond donors (Lipinski definition) is 15. The number of carbonyl (C=O) groups is 10. The Morgan fingerprint density at radius 1 is 0.597 bits per heavy atom. The summed E-state index contributed by atoms with van der Waals surface area (Å²) in [4.78, 5) is 134. The van der Waals surface area contributed by atoms with Gasteiger partial charge in [-0.25, -0.2) is 0 Å². The maximum atomic E-state index is 13.8. The minimum atomic E-state index is -1.62. The van der Waals surface area contributed by atoms with Crippen molar-refractivity contribution >= 4 is 65.1 Å². The van der Waals surface area contributed by atoms with Crippen molar-refractivity contribution in [2.24, 2.45) is 39.6 Å². The summed E-state index contributed by atoms with van der Waals surface area (Å²) in [5, 5.41) is 46.7. The van der Waals surface area contributed by atoms with Gasteiger partial charge in [-0.1, -0.05) is 56.3 Å². The number of primary amides is 2. The molecule has 0 spiro atoms. The molecule has 26 heteroatoms. The molecule has 0 saturated carbocycles. The Morgan fingerprint density at radius 2 is 1.14 bits per heavy atom. The third-order valence-electron chi connectivity index (χ3n) is 10.7. The lowest BCUT2D eigenvalue weighted by molar-refractivity contribution is -0.138. The quantitative estimate of drug-likeness (QED) is 0.0187. The molecule has 0 aliphatic heterocycles. The van der Waals surface area contributed by atoms with Gasteiger partial charge >= 0.3 is 5.97 Å². The summed E-state index contributed by atoms with van der Waals surface area (Å²) in [5.41, 5.74) is 28.7. The van der Waals surface area contributed by atoms with E-state index in [0.717, 1.165) is 5.56 Å². The van der Waals surface area contributed by atoms with Gasteiger partial charge in [0.05, 0.1) is 18.7 Å². The fourth-order valence-electron chi connectivity index (χ4n) is 6.90. The van der Waals surface area contributed by atoms with E-state index >= 15 is 0 Å². The van der Waals surface area contributed by atoms with Gasteiger partial charge in [-0.05, 0) is 74.6 Å². The van der Waals surface area contributed by atoms with Crippen LogP contribution in [0.3, 0.4) is 0 Å². The predicted octanol–water partition coefficient (Wildman–Crippen LogP) is -4.37. The van der Waals surface area contributed by atoms with E-state index in [2.05, 4.69) is 42.2 Å². The second kappa shape index (κ2) is 30.7. The number of nitrogens with zero attached hydrogens (tertiary/aromatic N) is 1. The molecule has 2 aromatic rings. The van der Waals surface area contributed by atoms with Crippen LogP contribution in [0.25, 0.3) is 0 Å². The molecule has 0 radical (unpaired) electrons. The highest BCUT2D eigenvalue weighted by Gasteiger charge is 2.34. The summed E-state index contributed by atoms with van der Waals surface area (Å²) in [6.45, 7) is 3.91. The number of aliphatic hydroxyl groups is 1. The number of guanidine groups is 1. The highest BCUT2D eigenvalue weighted by atomic mass is 16.4. The summed E-state index contributed by atoms with van der Waals surface area (Å²) in [6.07, 6.45) is -3.31. The normalized spacial score (nSPS) is 14.2. The first-order chi connectivity index (χ1) is 33.9. The standard InChI is InChI=1S/C46H69N13O13/c1-24(2)20-33(44(71)56-32(15-17-35(48)62)43(70)55-30(39(49)66)10-7-19-52-46(50)51)57-42(69)31(16-18-37(64)65)54-36(63)23-53-41(68)34(22-27-11-13-28(61)14-12-27)58-45(72)38(25(3)60)59-40(67)29(47)21-26-8-5-4-6-9-26/h4-6,8-9,11-14,24-25,29-34,38,60-61H,7,10,15-23,47H2,1-3H3,(H2,48,62)(H2,49,66)(H,53,68)(H,54,63)(H,55,70)(H,56,71)(H,57,69)(H,58,72)(H,59,67)(H,64,65)(H4,50,51,52)/t25-,29+,30+,31+,32+,33+,34+,38+/m1/s1. The Hall–Kier alpha value is -7.87. The van der Waals surface area contributed by atoms with Crippen molar-refractivity contribution in [3.8, 4) is 5.75 Å². The summed E-state index contributed by atoms with van der Waals surface area (Å²) in [7, 11) is 0. The van der Waals surface area contributed by atoms with E-state index in [-0.39, 0.29) is 69.1 Å². The third kappa shape index (κ3) is 23.2. The minimum Gasteiger partial charge on any atom is -0.508 e. The van der Waals surface area contributed by atoms with Crippen LogP contribution in [0.4, 0.5) is 0 Å². The zero-order valence-corrected chi connectivity index (χ0v) is 40.4. The molecule has 0 saturated heterocycles. The number of carboxylic acid groups (broad SMARTS) is 1. The van der Waals surface area contributed by atoms with E-state index in [9.17, 15) is 63.3 Å². The first-order valence-electron chi connectivity index (χ1n) is 23.1. The Kier molecular flexibility index (Phi) is 25.7. The monoisotopic (exact) mass is 1010 g/mol. The molecule has 0 unspecified atom stereocenters. The van der Waals surface area contributed by atoms with Crippen molar-refractivity contribution in [3.05, 3.63) is 65.7 Å². The number of benzene rings is 2. The number of nitrogens with two attached hydrogens (primary N) is 5. The van der Waals surface area contributed by atoms with Crippen LogP contribution < -0.4 is 65.9 Å². The lowest BCUT2D eigenvalue weighted by atomic mass is 10.0. The first-order valence-corrected chi connectivity index (χ1v) is 23.1. The molecule has 0 fully saturated rings. The van der Waals surface area contributed by atoms with Crippen LogP contribution in [0.1, 0.15) is 76.8 Å². The van der Waals surface area contributed by atoms with Crippen LogP contribution in [0.15, 0.2) is 59.6 Å². The topological polar surface area (TPSA) is 458 Å². The number of rotatable bonds is 32. The molecule has 8 atom stereocenters. The summed E-state index contributed by atoms with van der Waals surface area (Å²) in [6, 6.07) is 4.41. The molecule has 9 amide bonds. The van der Waals surface area contributed by atoms with Gasteiger partial charge < -0.3 is 81.2 Å². The lowest BCUT2D eigenvalue weighted by Crippen LogP contribution is -2.60. The fraction of sp³-hybridized carbons (Fsp3) is 0.500. The van der Waals surface area contributed by atoms with Crippen LogP contribution in [-0.4, -0.2) is 142 Å². The smallest absolute Gasteiger partial charge is 0.303 e. The predicted molar refractivity (Wildman–Crippen MR) is 260 cm³/mol. The molecular weight excluding hydrogens is 943 g/mol. The average Bonchev–Trinajstić information content (AvgIpc) is 3.30. The number of phenols is 1. The fourth-order valence-corrected chi connectivity index (χ4v) is 6.90. The molecule has 0 aromatic heterocycles. The number of amides is 9. The second-order valence-electron chi connectivity index (χ2n) is 17.4. The largest absolute Gasteiger partial charge is 0.508 e. The van der Waals surface area contributed by atoms with Gasteiger partial charge in [0, 0.05) is 25.8 Å². The van der Waals surface area contributed by atoms with Crippen molar-refractivity contribution in [2.75, 3.05) is 13.1 Å². The number of carboxylic acids is 1. The molecule has 0 bridgehead atoms. The highest BCUT2D eigenvalue weighted by Crippen LogP contribution is 2.13. The number of aliphatic carboxylic acids is 1. The summed E-state index contributed by atoms with van der Waals surface area (Å²) >= 11 is 0. The highest BCUT2D eigenvalue weighted by molar-refractivity contribution is 5.97. The van der Waals surface area contributed by atoms with E-state index in [1.54, 1.807) is 44.2 Å². The van der Waals surface area contributed by atoms with E-state index < -0.39 is 127 Å². The molecule has 0 aliphatic carbocycles. The number of phenolic OH excluding ortho intramolecular Hbond substituents is 1. The molecule has 0 aliphatic rings. The van der Waals surface area contributed by atoms with Crippen LogP contribution >= 0.6 is 0 Å². The second-order valence-corrected chi connectivity index (χ2v) is 17.4. The van der Waals surface area contributed by atoms with Gasteiger partial charge in [-0.3, -0.25) is 52.9 Å². The van der Waals surface area contributed by atoms with Gasteiger partial charge in [0.2, 0.25) is 53.2 Å². The first kappa shape index (κ1) is 60.3. The molecule has 396 valence electrons. The van der Waals surface area contributed by atoms with Crippen molar-refractivity contribution in [2.45, 2.75) is 127 Å². The lowest BCUT2D eigenvalue weighted by Gasteiger charge is -2.27. The maximum Gasteiger partial charge on any atom is 0.303 e. The van der Waals surface area contributed by atoms with E-state index in [0.29, 0.717) is 5.56 Å². The molecule has 72 heavy (non-hydrogen) atoms. The Bertz CT molecular complexity index is 2210. The van der Waals surface area contributed by atoms with Crippen LogP contribution in [0.5, 0.6) is 5.75 Å². The number of aliphatic imine (C=N–C) groups is 1. The summed E-state index contributed by atoms with van der Waals surface area (Å²) in [5.74, 6) is -10.3. The number of aliphatic hydroxyl groups excluding tert-OH is 1. The number of aromatic hydroxyl groups is 1. The van der Waals surface area contributed by atoms with Crippen LogP contribution in [-0.2, 0) is 60.8 Å². The Labute approximate surface area is 415 Å². The van der Waals surface area contributed by atoms with E-state index in [1.807, 2.05) is 0 Å². The number of hydrogen-bond acceptors (Lipinski definition) is 14. The SMILES string of the molecule is CC(C)C[C@H](NC(=O)[C@H](CCC(=O)O)NC(=O)CNC(=O)[C@H](Cc1ccc(O)cc1)NC(=O)[C@@H](NC(=O)[C@@H](N)Cc1ccccc1)[C@@H](C)O)C(=O)N[C@@H](CCC(N)=O)C(=O)N[C@@H](CCCN=C(N)N)C(N)=O. The van der Waals surface area contributed by atoms with Crippen LogP contribution in [0, 0.1) is 5.92 Å². The molecule has 2 rings (SSSR count). The zero-order valence-electron chi connectivity index (χ0n) is 40.4. The Balaban J connectivity index is 2.28. The molecule has 0 heterocycles. The molecule has 26 nitrogen and oxygen atoms in total. The number of nitrogens with one attached hydrogen (secondary N) is 7. The van der Waals surface area contributed by atoms with Gasteiger partial charge in [0.15, 0.2) is 5.96 Å². The van der Waals surface area contributed by atoms with Crippen molar-refractivity contribution in [1.29, 1.82) is 0 Å². The van der Waals surface area contributed by atoms with Gasteiger partial charge in [0.1, 0.15) is 42.0 Å². The summed E-state index contributed by atoms with van der Waals surface area (Å²) < 4.78 is 0. The van der Waals surface area contributed by atoms with Gasteiger partial charge in [-0.15, -0.1) is 0 Å². The van der Waals surface area contributed by atoms with Crippen molar-refractivity contribution in [3.63, 3.8) is 0 Å². The van der Waals surface area contributed by atoms with Crippen molar-refractivity contribution in [1.82, 2.24) is 37.2 Å². The van der Waals surface area contributed by atoms with E-state index in [4.69, 9.17) is 28.7 Å². The molecular formula is C46H69N13O13. The van der Waals surface area contributed by atoms with Gasteiger partial charge in [-0.2, -0.15) is 0 Å². The maximum absolute atomic E-state index is 13.8. The van der Waals surface area contributed by atoms with E-state index in [1.165, 1.54) is 31.2 Å².